The van der Waals surface area contributed by atoms with Crippen LogP contribution in [-0.4, -0.2) is 20.1 Å². The van der Waals surface area contributed by atoms with Gasteiger partial charge in [0.15, 0.2) is 0 Å². The third-order valence-electron chi connectivity index (χ3n) is 3.30. The van der Waals surface area contributed by atoms with E-state index in [1.165, 1.54) is 0 Å². The van der Waals surface area contributed by atoms with Crippen molar-refractivity contribution in [2.24, 2.45) is 5.92 Å². The van der Waals surface area contributed by atoms with Gasteiger partial charge in [0.05, 0.1) is 6.54 Å². The molecule has 0 fully saturated rings. The van der Waals surface area contributed by atoms with Gasteiger partial charge in [-0.05, 0) is 24.5 Å². The molecule has 0 aliphatic carbocycles. The Kier molecular flexibility index (Phi) is 3.74. The second kappa shape index (κ2) is 5.08. The lowest BCUT2D eigenvalue weighted by Gasteiger charge is -2.10. The maximum absolute atomic E-state index is 12.0. The minimum Gasteiger partial charge on any atom is -0.279 e. The van der Waals surface area contributed by atoms with Crippen LogP contribution in [0.1, 0.15) is 32.0 Å². The first-order valence-electron chi connectivity index (χ1n) is 6.03. The Morgan fingerprint density at radius 2 is 2.31 bits per heavy atom. The topological polar surface area (TPSA) is 39.8 Å². The van der Waals surface area contributed by atoms with Crippen molar-refractivity contribution in [3.63, 3.8) is 0 Å². The van der Waals surface area contributed by atoms with Crippen molar-refractivity contribution in [3.8, 4) is 0 Å². The van der Waals surface area contributed by atoms with Gasteiger partial charge in [0.1, 0.15) is 5.82 Å². The number of hydrogen-bond acceptors (Lipinski definition) is 3. The van der Waals surface area contributed by atoms with Crippen molar-refractivity contribution >= 4 is 12.6 Å². The molecule has 5 heteroatoms. The molecule has 4 nitrogen and oxygen atoms in total. The van der Waals surface area contributed by atoms with Gasteiger partial charge in [0.2, 0.25) is 0 Å². The van der Waals surface area contributed by atoms with Gasteiger partial charge in [-0.2, -0.15) is 17.7 Å². The van der Waals surface area contributed by atoms with Crippen molar-refractivity contribution in [3.05, 3.63) is 16.3 Å². The van der Waals surface area contributed by atoms with Crippen LogP contribution >= 0.6 is 12.6 Å². The van der Waals surface area contributed by atoms with Gasteiger partial charge in [0.25, 0.3) is 0 Å². The summed E-state index contributed by atoms with van der Waals surface area (Å²) < 4.78 is 3.46. The molecule has 1 aromatic rings. The third kappa shape index (κ3) is 2.19. The van der Waals surface area contributed by atoms with Crippen molar-refractivity contribution < 1.29 is 0 Å². The molecule has 1 unspecified atom stereocenters. The molecule has 0 saturated carbocycles. The van der Waals surface area contributed by atoms with Crippen molar-refractivity contribution in [2.75, 3.05) is 5.75 Å². The van der Waals surface area contributed by atoms with Crippen molar-refractivity contribution in [1.29, 1.82) is 0 Å². The summed E-state index contributed by atoms with van der Waals surface area (Å²) in [6.07, 6.45) is 4.24. The predicted molar refractivity (Wildman–Crippen MR) is 67.1 cm³/mol. The first-order valence-corrected chi connectivity index (χ1v) is 6.67. The molecule has 16 heavy (non-hydrogen) atoms. The highest BCUT2D eigenvalue weighted by molar-refractivity contribution is 7.80. The average Bonchev–Trinajstić information content (AvgIpc) is 2.64. The molecule has 1 atom stereocenters. The van der Waals surface area contributed by atoms with E-state index in [1.54, 1.807) is 4.68 Å². The van der Waals surface area contributed by atoms with Crippen LogP contribution in [0.2, 0.25) is 0 Å². The Morgan fingerprint density at radius 3 is 2.94 bits per heavy atom. The molecule has 0 aromatic carbocycles. The van der Waals surface area contributed by atoms with E-state index in [0.717, 1.165) is 43.8 Å². The summed E-state index contributed by atoms with van der Waals surface area (Å²) in [5.74, 6) is 2.22. The van der Waals surface area contributed by atoms with Gasteiger partial charge in [-0.3, -0.25) is 4.57 Å². The number of hydrogen-bond donors (Lipinski definition) is 1. The number of fused-ring (bicyclic) bond motifs is 1. The molecule has 2 rings (SSSR count). The normalized spacial score (nSPS) is 17.1. The lowest BCUT2D eigenvalue weighted by atomic mass is 10.1. The standard InChI is InChI=1S/C11H19N3OS/c1-2-9(8-16)7-14-11(15)13-6-4-3-5-10(13)12-14/h9,16H,2-8H2,1H3. The highest BCUT2D eigenvalue weighted by atomic mass is 32.1. The Labute approximate surface area is 101 Å². The molecule has 0 bridgehead atoms. The van der Waals surface area contributed by atoms with Crippen LogP contribution in [0.15, 0.2) is 4.79 Å². The van der Waals surface area contributed by atoms with Crippen molar-refractivity contribution in [1.82, 2.24) is 14.3 Å². The average molecular weight is 241 g/mol. The number of nitrogens with zero attached hydrogens (tertiary/aromatic N) is 3. The van der Waals surface area contributed by atoms with Gasteiger partial charge in [0, 0.05) is 13.0 Å². The van der Waals surface area contributed by atoms with Gasteiger partial charge in [-0.15, -0.1) is 0 Å². The Balaban J connectivity index is 2.22. The van der Waals surface area contributed by atoms with Crippen LogP contribution in [0.3, 0.4) is 0 Å². The van der Waals surface area contributed by atoms with Crippen LogP contribution in [-0.2, 0) is 19.5 Å². The zero-order chi connectivity index (χ0) is 11.5. The quantitative estimate of drug-likeness (QED) is 0.808. The van der Waals surface area contributed by atoms with Crippen LogP contribution in [0, 0.1) is 5.92 Å². The molecule has 0 N–H and O–H groups in total. The minimum atomic E-state index is 0.0648. The number of rotatable bonds is 4. The van der Waals surface area contributed by atoms with E-state index in [4.69, 9.17) is 0 Å². The highest BCUT2D eigenvalue weighted by Gasteiger charge is 2.17. The lowest BCUT2D eigenvalue weighted by Crippen LogP contribution is -2.29. The summed E-state index contributed by atoms with van der Waals surface area (Å²) in [5, 5.41) is 4.42. The molecule has 2 heterocycles. The SMILES string of the molecule is CCC(CS)Cn1nc2n(c1=O)CCCC2. The fraction of sp³-hybridized carbons (Fsp3) is 0.818. The van der Waals surface area contributed by atoms with Crippen LogP contribution < -0.4 is 5.69 Å². The molecule has 1 aliphatic heterocycles. The zero-order valence-corrected chi connectivity index (χ0v) is 10.6. The van der Waals surface area contributed by atoms with E-state index >= 15 is 0 Å². The summed E-state index contributed by atoms with van der Waals surface area (Å²) in [6.45, 7) is 3.67. The lowest BCUT2D eigenvalue weighted by molar-refractivity contribution is 0.432. The summed E-state index contributed by atoms with van der Waals surface area (Å²) >= 11 is 4.30. The summed E-state index contributed by atoms with van der Waals surface area (Å²) in [5.41, 5.74) is 0.0648. The molecule has 90 valence electrons. The zero-order valence-electron chi connectivity index (χ0n) is 9.72. The van der Waals surface area contributed by atoms with Crippen molar-refractivity contribution in [2.45, 2.75) is 45.7 Å². The first kappa shape index (κ1) is 11.8. The van der Waals surface area contributed by atoms with Crippen LogP contribution in [0.5, 0.6) is 0 Å². The number of thiol groups is 1. The number of aryl methyl sites for hydroxylation is 1. The summed E-state index contributed by atoms with van der Waals surface area (Å²) in [4.78, 5) is 12.0. The fourth-order valence-corrected chi connectivity index (χ4v) is 2.50. The van der Waals surface area contributed by atoms with E-state index in [-0.39, 0.29) is 5.69 Å². The second-order valence-electron chi connectivity index (χ2n) is 4.45. The highest BCUT2D eigenvalue weighted by Crippen LogP contribution is 2.11. The third-order valence-corrected chi connectivity index (χ3v) is 3.81. The Bertz CT molecular complexity index is 406. The maximum atomic E-state index is 12.0. The molecule has 1 aliphatic rings. The Morgan fingerprint density at radius 1 is 1.50 bits per heavy atom. The fourth-order valence-electron chi connectivity index (χ4n) is 2.13. The minimum absolute atomic E-state index is 0.0648. The van der Waals surface area contributed by atoms with Gasteiger partial charge >= 0.3 is 5.69 Å². The van der Waals surface area contributed by atoms with E-state index in [0.29, 0.717) is 12.5 Å². The van der Waals surface area contributed by atoms with Gasteiger partial charge in [-0.25, -0.2) is 9.48 Å². The van der Waals surface area contributed by atoms with Crippen LogP contribution in [0.4, 0.5) is 0 Å². The summed E-state index contributed by atoms with van der Waals surface area (Å²) in [7, 11) is 0. The first-order chi connectivity index (χ1) is 7.76. The van der Waals surface area contributed by atoms with E-state index < -0.39 is 0 Å². The molecular formula is C11H19N3OS. The molecule has 1 aromatic heterocycles. The maximum Gasteiger partial charge on any atom is 0.345 e. The Hall–Kier alpha value is -0.710. The predicted octanol–water partition coefficient (Wildman–Crippen LogP) is 1.34. The molecule has 0 radical (unpaired) electrons. The second-order valence-corrected chi connectivity index (χ2v) is 4.81. The van der Waals surface area contributed by atoms with E-state index in [2.05, 4.69) is 24.7 Å². The number of aromatic nitrogens is 3. The smallest absolute Gasteiger partial charge is 0.279 e. The molecule has 0 spiro atoms. The van der Waals surface area contributed by atoms with Gasteiger partial charge < -0.3 is 0 Å². The van der Waals surface area contributed by atoms with Gasteiger partial charge in [-0.1, -0.05) is 13.3 Å². The molecular weight excluding hydrogens is 222 g/mol. The summed E-state index contributed by atoms with van der Waals surface area (Å²) in [6, 6.07) is 0. The van der Waals surface area contributed by atoms with E-state index in [9.17, 15) is 4.79 Å². The molecule has 0 amide bonds. The van der Waals surface area contributed by atoms with E-state index in [1.807, 2.05) is 4.57 Å². The monoisotopic (exact) mass is 241 g/mol. The molecule has 0 saturated heterocycles. The largest absolute Gasteiger partial charge is 0.345 e. The van der Waals surface area contributed by atoms with Crippen LogP contribution in [0.25, 0.3) is 0 Å².